The number of hydrogen-bond acceptors (Lipinski definition) is 1. The molecule has 1 fully saturated rings. The maximum absolute atomic E-state index is 5.06. The van der Waals surface area contributed by atoms with Crippen LogP contribution >= 0.6 is 19.8 Å². The Balaban J connectivity index is 2.81. The first-order chi connectivity index (χ1) is 39.1. The zero-order valence-electron chi connectivity index (χ0n) is 56.1. The predicted molar refractivity (Wildman–Crippen MR) is 374 cm³/mol. The fourth-order valence-electron chi connectivity index (χ4n) is 13.8. The number of alkyl halides is 3. The normalized spacial score (nSPS) is 15.1. The van der Waals surface area contributed by atoms with E-state index in [9.17, 15) is 0 Å². The molecule has 0 heterocycles. The van der Waals surface area contributed by atoms with E-state index >= 15 is 0 Å². The summed E-state index contributed by atoms with van der Waals surface area (Å²) in [6.45, 7) is 19.4. The van der Waals surface area contributed by atoms with E-state index in [4.69, 9.17) is 6.58 Å². The average molecular weight is 1220 g/mol. The van der Waals surface area contributed by atoms with Crippen LogP contribution in [0, 0.1) is 17.8 Å². The van der Waals surface area contributed by atoms with Gasteiger partial charge in [-0.1, -0.05) is 181 Å². The molecule has 1 aliphatic rings. The Labute approximate surface area is 510 Å². The molecule has 0 amide bonds. The predicted octanol–water partition coefficient (Wildman–Crippen LogP) is 28.5. The van der Waals surface area contributed by atoms with Crippen molar-refractivity contribution in [1.82, 2.24) is 4.90 Å². The van der Waals surface area contributed by atoms with E-state index in [0.717, 1.165) is 17.8 Å². The molecule has 1 nitrogen and oxygen atoms in total. The molecule has 2 unspecified atom stereocenters. The number of nitrogens with zero attached hydrogens (tertiary/aromatic N) is 1. The van der Waals surface area contributed by atoms with Crippen LogP contribution in [0.4, 0.5) is 0 Å². The Hall–Kier alpha value is 0.270. The second-order valence-corrected chi connectivity index (χ2v) is 33.5. The molecule has 1 saturated carbocycles. The molecule has 0 aromatic heterocycles. The molecule has 0 spiro atoms. The quantitative estimate of drug-likeness (QED) is 0.0254. The van der Waals surface area contributed by atoms with Gasteiger partial charge in [0.05, 0.1) is 0 Å². The molecule has 0 aromatic carbocycles. The van der Waals surface area contributed by atoms with Crippen molar-refractivity contribution in [3.63, 3.8) is 0 Å². The number of unbranched alkanes of at least 4 members (excludes halogenated alkanes) is 46. The van der Waals surface area contributed by atoms with Crippen LogP contribution in [0.25, 0.3) is 0 Å². The topological polar surface area (TPSA) is 3.24 Å². The minimum atomic E-state index is -1.06. The van der Waals surface area contributed by atoms with Gasteiger partial charge in [0.2, 0.25) is 0 Å². The Morgan fingerprint density at radius 1 is 0.316 bits per heavy atom. The van der Waals surface area contributed by atoms with E-state index < -0.39 is 19.8 Å². The molecule has 2 heteroatoms. The van der Waals surface area contributed by atoms with Gasteiger partial charge in [-0.3, -0.25) is 0 Å². The summed E-state index contributed by atoms with van der Waals surface area (Å²) >= 11 is -1.06. The number of rotatable bonds is 66. The summed E-state index contributed by atoms with van der Waals surface area (Å²) in [7, 11) is 0. The third kappa shape index (κ3) is 54.7. The summed E-state index contributed by atoms with van der Waals surface area (Å²) in [5.74, 6) is 2.96. The fourth-order valence-corrected chi connectivity index (χ4v) is 20.1. The van der Waals surface area contributed by atoms with Crippen LogP contribution in [0.3, 0.4) is 0 Å². The summed E-state index contributed by atoms with van der Waals surface area (Å²) in [6.07, 6.45) is 91.4. The number of halogens is 1. The first-order valence-corrected chi connectivity index (χ1v) is 42.7. The van der Waals surface area contributed by atoms with Gasteiger partial charge in [-0.25, -0.2) is 0 Å². The van der Waals surface area contributed by atoms with Gasteiger partial charge in [-0.2, -0.15) is 0 Å². The van der Waals surface area contributed by atoms with Gasteiger partial charge in [-0.15, -0.1) is 0 Å². The van der Waals surface area contributed by atoms with Crippen molar-refractivity contribution in [2.75, 3.05) is 26.4 Å². The molecule has 0 saturated heterocycles. The van der Waals surface area contributed by atoms with Crippen LogP contribution < -0.4 is 0 Å². The standard InChI is InChI=1S/C77H154IN/c1-7-12-17-22-27-32-37-42-47-52-57-71-79(74(6)73-78(69-55-50-45-40-35-30-25-20-15-10-4)70-56-51-46-41-36-31-26-21-16-11-5)72-68-77-65-59-64-76(66-67-77)63-58-62-75(60-53-48-43-38-33-28-23-18-13-8-2)61-54-49-44-39-34-29-24-19-14-9-3/h75-77H,6-73H2,1-5H3. The average Bonchev–Trinajstić information content (AvgIpc) is 3.69. The Morgan fingerprint density at radius 2 is 0.595 bits per heavy atom. The van der Waals surface area contributed by atoms with E-state index in [1.165, 1.54) is 416 Å². The van der Waals surface area contributed by atoms with Gasteiger partial charge in [0.25, 0.3) is 0 Å². The summed E-state index contributed by atoms with van der Waals surface area (Å²) in [5.41, 5.74) is 1.60. The van der Waals surface area contributed by atoms with E-state index in [-0.39, 0.29) is 0 Å². The van der Waals surface area contributed by atoms with Gasteiger partial charge < -0.3 is 0 Å². The van der Waals surface area contributed by atoms with Crippen LogP contribution in [0.5, 0.6) is 0 Å². The van der Waals surface area contributed by atoms with E-state index in [2.05, 4.69) is 39.5 Å². The van der Waals surface area contributed by atoms with Crippen molar-refractivity contribution < 1.29 is 0 Å². The van der Waals surface area contributed by atoms with Gasteiger partial charge in [0.15, 0.2) is 0 Å². The van der Waals surface area contributed by atoms with Gasteiger partial charge in [0, 0.05) is 0 Å². The van der Waals surface area contributed by atoms with Crippen molar-refractivity contribution in [3.05, 3.63) is 12.3 Å². The SMILES string of the molecule is C=C(CI(CCCCCCCCCCCC)CCCCCCCCCCCC)N(CCCCCCCCCCCCC)CCC1CCCC(CCCC(CCCCCCCCCCCC)CCCCCCCCCCCC)CC1. The van der Waals surface area contributed by atoms with Crippen LogP contribution in [-0.2, 0) is 0 Å². The van der Waals surface area contributed by atoms with Gasteiger partial charge in [0.1, 0.15) is 0 Å². The minimum absolute atomic E-state index is 0.950. The number of allylic oxidation sites excluding steroid dienone is 1. The van der Waals surface area contributed by atoms with Crippen LogP contribution in [0.1, 0.15) is 433 Å². The molecule has 79 heavy (non-hydrogen) atoms. The first kappa shape index (κ1) is 77.3. The second kappa shape index (κ2) is 64.3. The Morgan fingerprint density at radius 3 is 0.937 bits per heavy atom. The van der Waals surface area contributed by atoms with Crippen molar-refractivity contribution in [2.45, 2.75) is 433 Å². The molecule has 0 aliphatic heterocycles. The molecule has 474 valence electrons. The van der Waals surface area contributed by atoms with Crippen LogP contribution in [0.15, 0.2) is 12.3 Å². The Kier molecular flexibility index (Phi) is 62.9. The molecular weight excluding hydrogens is 1070 g/mol. The van der Waals surface area contributed by atoms with Crippen molar-refractivity contribution in [2.24, 2.45) is 17.8 Å². The first-order valence-electron chi connectivity index (χ1n) is 38.1. The molecule has 0 aromatic rings. The molecule has 2 atom stereocenters. The van der Waals surface area contributed by atoms with Gasteiger partial charge >= 0.3 is 327 Å². The zero-order chi connectivity index (χ0) is 56.8. The third-order valence-corrected chi connectivity index (χ3v) is 26.0. The van der Waals surface area contributed by atoms with Crippen molar-refractivity contribution in [1.29, 1.82) is 0 Å². The van der Waals surface area contributed by atoms with E-state index in [1.807, 2.05) is 0 Å². The Bertz CT molecular complexity index is 1100. The zero-order valence-corrected chi connectivity index (χ0v) is 58.3. The summed E-state index contributed by atoms with van der Waals surface area (Å²) in [6, 6.07) is 0. The second-order valence-electron chi connectivity index (χ2n) is 27.3. The molecule has 0 bridgehead atoms. The summed E-state index contributed by atoms with van der Waals surface area (Å²) in [4.78, 5) is 2.93. The molecular formula is C77H154IN. The maximum atomic E-state index is 5.06. The van der Waals surface area contributed by atoms with Crippen molar-refractivity contribution >= 4 is 19.8 Å². The molecule has 1 aliphatic carbocycles. The van der Waals surface area contributed by atoms with Crippen LogP contribution in [-0.4, -0.2) is 31.3 Å². The molecule has 0 N–H and O–H groups in total. The van der Waals surface area contributed by atoms with E-state index in [1.54, 1.807) is 14.6 Å². The number of hydrogen-bond donors (Lipinski definition) is 0. The third-order valence-electron chi connectivity index (χ3n) is 19.5. The van der Waals surface area contributed by atoms with Crippen molar-refractivity contribution in [3.8, 4) is 0 Å². The van der Waals surface area contributed by atoms with Crippen LogP contribution in [0.2, 0.25) is 0 Å². The molecule has 0 radical (unpaired) electrons. The monoisotopic (exact) mass is 1220 g/mol. The molecule has 1 rings (SSSR count). The fraction of sp³-hybridized carbons (Fsp3) is 0.974. The van der Waals surface area contributed by atoms with Gasteiger partial charge in [-0.05, 0) is 5.92 Å². The van der Waals surface area contributed by atoms with E-state index in [0.29, 0.717) is 0 Å². The summed E-state index contributed by atoms with van der Waals surface area (Å²) < 4.78 is 4.64. The summed E-state index contributed by atoms with van der Waals surface area (Å²) in [5, 5.41) is 0.